The van der Waals surface area contributed by atoms with Gasteiger partial charge in [-0.3, -0.25) is 4.98 Å². The van der Waals surface area contributed by atoms with Crippen LogP contribution in [0.15, 0.2) is 65.3 Å². The highest BCUT2D eigenvalue weighted by atomic mass is 79.9. The molecule has 4 nitrogen and oxygen atoms in total. The molecule has 0 amide bonds. The molecular weight excluding hydrogens is 473 g/mol. The first-order valence-corrected chi connectivity index (χ1v) is 11.4. The molecule has 2 aromatic carbocycles. The van der Waals surface area contributed by atoms with Crippen LogP contribution < -0.4 is 4.74 Å². The van der Waals surface area contributed by atoms with Crippen LogP contribution in [0.3, 0.4) is 0 Å². The lowest BCUT2D eigenvalue weighted by molar-refractivity contribution is 0.0526. The molecule has 0 fully saturated rings. The summed E-state index contributed by atoms with van der Waals surface area (Å²) in [5.74, 6) is 0.145. The number of rotatable bonds is 7. The number of halogens is 2. The van der Waals surface area contributed by atoms with Crippen molar-refractivity contribution in [1.29, 1.82) is 0 Å². The van der Waals surface area contributed by atoms with Gasteiger partial charge in [0.1, 0.15) is 18.2 Å². The molecule has 0 atom stereocenters. The Morgan fingerprint density at radius 1 is 1.06 bits per heavy atom. The fourth-order valence-electron chi connectivity index (χ4n) is 3.87. The van der Waals surface area contributed by atoms with Crippen LogP contribution in [0.2, 0.25) is 0 Å². The standard InChI is InChI=1S/C26H23BrFNO3/c1-2-31-26(30)18-12-13-29-24(14-18)22-5-3-4-21(22)23-15-19(27)8-11-25(23)32-16-17-6-9-20(28)10-7-17/h6-15H,2-5,16H2,1H3. The van der Waals surface area contributed by atoms with E-state index in [0.717, 1.165) is 57.5 Å². The Labute approximate surface area is 195 Å². The Hall–Kier alpha value is -2.99. The molecule has 1 heterocycles. The number of pyridine rings is 1. The number of hydrogen-bond donors (Lipinski definition) is 0. The molecule has 0 saturated heterocycles. The smallest absolute Gasteiger partial charge is 0.338 e. The molecule has 0 bridgehead atoms. The second-order valence-corrected chi connectivity index (χ2v) is 8.43. The molecule has 164 valence electrons. The molecule has 0 N–H and O–H groups in total. The number of aromatic nitrogens is 1. The molecule has 0 spiro atoms. The maximum absolute atomic E-state index is 13.2. The molecule has 32 heavy (non-hydrogen) atoms. The molecule has 3 aromatic rings. The number of hydrogen-bond acceptors (Lipinski definition) is 4. The van der Waals surface area contributed by atoms with Gasteiger partial charge in [-0.1, -0.05) is 28.1 Å². The summed E-state index contributed by atoms with van der Waals surface area (Å²) in [5.41, 5.74) is 5.45. The Balaban J connectivity index is 1.68. The maximum atomic E-state index is 13.2. The molecule has 1 aliphatic carbocycles. The number of allylic oxidation sites excluding steroid dienone is 2. The number of benzene rings is 2. The maximum Gasteiger partial charge on any atom is 0.338 e. The zero-order valence-corrected chi connectivity index (χ0v) is 19.3. The molecule has 0 aliphatic heterocycles. The zero-order valence-electron chi connectivity index (χ0n) is 17.7. The Bertz CT molecular complexity index is 1160. The predicted octanol–water partition coefficient (Wildman–Crippen LogP) is 6.83. The summed E-state index contributed by atoms with van der Waals surface area (Å²) < 4.78 is 25.4. The van der Waals surface area contributed by atoms with Gasteiger partial charge < -0.3 is 9.47 Å². The van der Waals surface area contributed by atoms with Crippen LogP contribution in [0.25, 0.3) is 11.1 Å². The van der Waals surface area contributed by atoms with Gasteiger partial charge in [0.05, 0.1) is 17.9 Å². The van der Waals surface area contributed by atoms with Gasteiger partial charge in [0.2, 0.25) is 0 Å². The van der Waals surface area contributed by atoms with Gasteiger partial charge in [-0.2, -0.15) is 0 Å². The van der Waals surface area contributed by atoms with Crippen LogP contribution in [-0.4, -0.2) is 17.6 Å². The highest BCUT2D eigenvalue weighted by molar-refractivity contribution is 9.10. The van der Waals surface area contributed by atoms with Gasteiger partial charge in [0, 0.05) is 16.2 Å². The zero-order chi connectivity index (χ0) is 22.5. The van der Waals surface area contributed by atoms with Crippen molar-refractivity contribution in [2.24, 2.45) is 0 Å². The molecule has 4 rings (SSSR count). The third-order valence-corrected chi connectivity index (χ3v) is 5.87. The summed E-state index contributed by atoms with van der Waals surface area (Å²) >= 11 is 3.57. The van der Waals surface area contributed by atoms with E-state index in [2.05, 4.69) is 27.0 Å². The van der Waals surface area contributed by atoms with Gasteiger partial charge >= 0.3 is 5.97 Å². The first-order valence-electron chi connectivity index (χ1n) is 10.6. The summed E-state index contributed by atoms with van der Waals surface area (Å²) in [4.78, 5) is 16.7. The Morgan fingerprint density at radius 3 is 2.62 bits per heavy atom. The summed E-state index contributed by atoms with van der Waals surface area (Å²) in [6, 6.07) is 15.7. The highest BCUT2D eigenvalue weighted by Gasteiger charge is 2.22. The first kappa shape index (κ1) is 22.2. The van der Waals surface area contributed by atoms with Crippen molar-refractivity contribution in [3.05, 3.63) is 93.5 Å². The van der Waals surface area contributed by atoms with E-state index in [1.807, 2.05) is 12.1 Å². The number of carbonyl (C=O) groups is 1. The number of esters is 1. The van der Waals surface area contributed by atoms with E-state index in [1.54, 1.807) is 37.4 Å². The third kappa shape index (κ3) is 5.07. The van der Waals surface area contributed by atoms with Gasteiger partial charge in [-0.25, -0.2) is 9.18 Å². The second-order valence-electron chi connectivity index (χ2n) is 7.52. The third-order valence-electron chi connectivity index (χ3n) is 5.37. The quantitative estimate of drug-likeness (QED) is 0.337. The minimum absolute atomic E-state index is 0.267. The topological polar surface area (TPSA) is 48.4 Å². The second kappa shape index (κ2) is 10.1. The van der Waals surface area contributed by atoms with Crippen LogP contribution in [0.1, 0.15) is 53.4 Å². The summed E-state index contributed by atoms with van der Waals surface area (Å²) in [7, 11) is 0. The molecule has 0 radical (unpaired) electrons. The average Bonchev–Trinajstić information content (AvgIpc) is 3.29. The average molecular weight is 496 g/mol. The highest BCUT2D eigenvalue weighted by Crippen LogP contribution is 2.43. The van der Waals surface area contributed by atoms with Gasteiger partial charge in [0.15, 0.2) is 0 Å². The monoisotopic (exact) mass is 495 g/mol. The Kier molecular flexibility index (Phi) is 7.00. The fourth-order valence-corrected chi connectivity index (χ4v) is 4.23. The van der Waals surface area contributed by atoms with E-state index >= 15 is 0 Å². The van der Waals surface area contributed by atoms with Crippen LogP contribution in [0.4, 0.5) is 4.39 Å². The first-order chi connectivity index (χ1) is 15.5. The molecule has 0 saturated carbocycles. The fraction of sp³-hybridized carbons (Fsp3) is 0.231. The van der Waals surface area contributed by atoms with Crippen molar-refractivity contribution < 1.29 is 18.7 Å². The largest absolute Gasteiger partial charge is 0.488 e. The van der Waals surface area contributed by atoms with E-state index in [1.165, 1.54) is 12.1 Å². The molecule has 1 aromatic heterocycles. The van der Waals surface area contributed by atoms with Crippen molar-refractivity contribution in [2.75, 3.05) is 6.61 Å². The lowest BCUT2D eigenvalue weighted by atomic mass is 9.98. The van der Waals surface area contributed by atoms with Crippen molar-refractivity contribution in [3.8, 4) is 5.75 Å². The molecule has 0 unspecified atom stereocenters. The van der Waals surface area contributed by atoms with Crippen LogP contribution in [0.5, 0.6) is 5.75 Å². The minimum atomic E-state index is -0.345. The van der Waals surface area contributed by atoms with Gasteiger partial charge in [-0.15, -0.1) is 0 Å². The van der Waals surface area contributed by atoms with Crippen LogP contribution in [-0.2, 0) is 11.3 Å². The summed E-state index contributed by atoms with van der Waals surface area (Å²) in [6.45, 7) is 2.46. The SMILES string of the molecule is CCOC(=O)c1ccnc(C2=C(c3cc(Br)ccc3OCc3ccc(F)cc3)CCC2)c1. The summed E-state index contributed by atoms with van der Waals surface area (Å²) in [5, 5.41) is 0. The van der Waals surface area contributed by atoms with Gasteiger partial charge in [-0.05, 0) is 85.4 Å². The Morgan fingerprint density at radius 2 is 1.84 bits per heavy atom. The number of ether oxygens (including phenoxy) is 2. The van der Waals surface area contributed by atoms with Crippen LogP contribution >= 0.6 is 15.9 Å². The normalized spacial score (nSPS) is 13.3. The molecule has 1 aliphatic rings. The molecular formula is C26H23BrFNO3. The number of carbonyl (C=O) groups excluding carboxylic acids is 1. The van der Waals surface area contributed by atoms with Crippen molar-refractivity contribution in [2.45, 2.75) is 32.8 Å². The number of nitrogens with zero attached hydrogens (tertiary/aromatic N) is 1. The summed E-state index contributed by atoms with van der Waals surface area (Å²) in [6.07, 6.45) is 4.42. The van der Waals surface area contributed by atoms with E-state index in [4.69, 9.17) is 9.47 Å². The van der Waals surface area contributed by atoms with Crippen LogP contribution in [0, 0.1) is 5.82 Å². The lowest BCUT2D eigenvalue weighted by Gasteiger charge is -2.15. The van der Waals surface area contributed by atoms with E-state index in [0.29, 0.717) is 18.8 Å². The van der Waals surface area contributed by atoms with Crippen molar-refractivity contribution in [1.82, 2.24) is 4.98 Å². The predicted molar refractivity (Wildman–Crippen MR) is 126 cm³/mol. The van der Waals surface area contributed by atoms with E-state index in [9.17, 15) is 9.18 Å². The van der Waals surface area contributed by atoms with Gasteiger partial charge in [0.25, 0.3) is 0 Å². The minimum Gasteiger partial charge on any atom is -0.488 e. The van der Waals surface area contributed by atoms with E-state index < -0.39 is 0 Å². The van der Waals surface area contributed by atoms with E-state index in [-0.39, 0.29) is 11.8 Å². The molecule has 6 heteroatoms. The van der Waals surface area contributed by atoms with Crippen molar-refractivity contribution >= 4 is 33.0 Å². The van der Waals surface area contributed by atoms with Crippen molar-refractivity contribution in [3.63, 3.8) is 0 Å². The lowest BCUT2D eigenvalue weighted by Crippen LogP contribution is -2.05.